The maximum Gasteiger partial charge on any atom is 0.127 e. The molecule has 0 aliphatic rings. The highest BCUT2D eigenvalue weighted by Gasteiger charge is 2.06. The van der Waals surface area contributed by atoms with Crippen LogP contribution in [0.2, 0.25) is 0 Å². The van der Waals surface area contributed by atoms with Gasteiger partial charge in [-0.2, -0.15) is 0 Å². The minimum Gasteiger partial charge on any atom is -0.489 e. The second kappa shape index (κ2) is 6.68. The van der Waals surface area contributed by atoms with Gasteiger partial charge in [0.05, 0.1) is 0 Å². The largest absolute Gasteiger partial charge is 0.489 e. The summed E-state index contributed by atoms with van der Waals surface area (Å²) in [7, 11) is 0. The quantitative estimate of drug-likeness (QED) is 0.910. The van der Waals surface area contributed by atoms with Crippen LogP contribution in [-0.2, 0) is 13.0 Å². The number of benzene rings is 2. The van der Waals surface area contributed by atoms with Crippen molar-refractivity contribution in [3.8, 4) is 5.75 Å². The lowest BCUT2D eigenvalue weighted by Crippen LogP contribution is -2.17. The van der Waals surface area contributed by atoms with Crippen LogP contribution in [0.15, 0.2) is 36.4 Å². The number of rotatable bonds is 5. The Balaban J connectivity index is 2.10. The Kier molecular flexibility index (Phi) is 4.91. The summed E-state index contributed by atoms with van der Waals surface area (Å²) in [5.41, 5.74) is 8.20. The van der Waals surface area contributed by atoms with E-state index in [4.69, 9.17) is 10.5 Å². The van der Waals surface area contributed by atoms with Crippen molar-refractivity contribution in [2.75, 3.05) is 0 Å². The Morgan fingerprint density at radius 3 is 2.52 bits per heavy atom. The summed E-state index contributed by atoms with van der Waals surface area (Å²) in [5.74, 6) is -0.172. The molecule has 0 amide bonds. The van der Waals surface area contributed by atoms with Gasteiger partial charge in [-0.1, -0.05) is 6.07 Å². The van der Waals surface area contributed by atoms with Gasteiger partial charge in [0.2, 0.25) is 0 Å². The predicted molar refractivity (Wildman–Crippen MR) is 79.2 cm³/mol. The zero-order valence-corrected chi connectivity index (χ0v) is 12.2. The van der Waals surface area contributed by atoms with E-state index in [0.717, 1.165) is 16.7 Å². The first kappa shape index (κ1) is 15.4. The average molecular weight is 291 g/mol. The molecular weight excluding hydrogens is 272 g/mol. The molecule has 112 valence electrons. The third kappa shape index (κ3) is 4.53. The van der Waals surface area contributed by atoms with Gasteiger partial charge in [-0.05, 0) is 61.2 Å². The molecule has 2 aromatic rings. The van der Waals surface area contributed by atoms with E-state index >= 15 is 0 Å². The number of nitrogens with two attached hydrogens (primary N) is 1. The van der Waals surface area contributed by atoms with E-state index < -0.39 is 0 Å². The highest BCUT2D eigenvalue weighted by molar-refractivity contribution is 5.31. The molecule has 0 saturated heterocycles. The molecule has 0 fully saturated rings. The fraction of sp³-hybridized carbons (Fsp3) is 0.294. The van der Waals surface area contributed by atoms with Crippen molar-refractivity contribution in [2.45, 2.75) is 32.9 Å². The van der Waals surface area contributed by atoms with Gasteiger partial charge in [-0.15, -0.1) is 0 Å². The fourth-order valence-electron chi connectivity index (χ4n) is 2.18. The van der Waals surface area contributed by atoms with E-state index in [-0.39, 0.29) is 24.3 Å². The first-order valence-corrected chi connectivity index (χ1v) is 6.87. The summed E-state index contributed by atoms with van der Waals surface area (Å²) in [4.78, 5) is 0. The molecule has 1 atom stereocenters. The molecule has 0 aliphatic carbocycles. The summed E-state index contributed by atoms with van der Waals surface area (Å²) in [6.45, 7) is 3.95. The van der Waals surface area contributed by atoms with Crippen molar-refractivity contribution in [1.29, 1.82) is 0 Å². The highest BCUT2D eigenvalue weighted by atomic mass is 19.1. The summed E-state index contributed by atoms with van der Waals surface area (Å²) >= 11 is 0. The molecule has 2 nitrogen and oxygen atoms in total. The molecule has 2 N–H and O–H groups in total. The Hall–Kier alpha value is -1.94. The number of hydrogen-bond acceptors (Lipinski definition) is 2. The van der Waals surface area contributed by atoms with Crippen molar-refractivity contribution < 1.29 is 13.5 Å². The average Bonchev–Trinajstić information content (AvgIpc) is 2.36. The molecule has 4 heteroatoms. The van der Waals surface area contributed by atoms with Crippen LogP contribution in [0.4, 0.5) is 8.78 Å². The van der Waals surface area contributed by atoms with Gasteiger partial charge in [0, 0.05) is 12.1 Å². The van der Waals surface area contributed by atoms with Gasteiger partial charge in [-0.25, -0.2) is 8.78 Å². The Morgan fingerprint density at radius 1 is 1.10 bits per heavy atom. The van der Waals surface area contributed by atoms with Gasteiger partial charge in [0.15, 0.2) is 0 Å². The van der Waals surface area contributed by atoms with Gasteiger partial charge >= 0.3 is 0 Å². The van der Waals surface area contributed by atoms with Crippen LogP contribution < -0.4 is 10.5 Å². The molecule has 2 rings (SSSR count). The SMILES string of the molecule is Cc1cc(F)ccc1COc1cc(F)cc(CC(C)N)c1. The van der Waals surface area contributed by atoms with E-state index in [9.17, 15) is 8.78 Å². The van der Waals surface area contributed by atoms with Crippen molar-refractivity contribution in [3.63, 3.8) is 0 Å². The van der Waals surface area contributed by atoms with Gasteiger partial charge in [0.25, 0.3) is 0 Å². The van der Waals surface area contributed by atoms with Crippen LogP contribution >= 0.6 is 0 Å². The van der Waals surface area contributed by atoms with E-state index in [1.165, 1.54) is 24.3 Å². The zero-order chi connectivity index (χ0) is 15.4. The Labute approximate surface area is 123 Å². The summed E-state index contributed by atoms with van der Waals surface area (Å²) < 4.78 is 32.2. The molecule has 0 bridgehead atoms. The van der Waals surface area contributed by atoms with Crippen molar-refractivity contribution in [2.24, 2.45) is 5.73 Å². The lowest BCUT2D eigenvalue weighted by atomic mass is 10.1. The number of aryl methyl sites for hydroxylation is 1. The number of hydrogen-bond donors (Lipinski definition) is 1. The summed E-state index contributed by atoms with van der Waals surface area (Å²) in [6, 6.07) is 9.05. The summed E-state index contributed by atoms with van der Waals surface area (Å²) in [5, 5.41) is 0. The van der Waals surface area contributed by atoms with Crippen LogP contribution in [0, 0.1) is 18.6 Å². The van der Waals surface area contributed by atoms with E-state index in [1.807, 2.05) is 13.8 Å². The van der Waals surface area contributed by atoms with E-state index in [0.29, 0.717) is 12.2 Å². The van der Waals surface area contributed by atoms with Gasteiger partial charge in [0.1, 0.15) is 24.0 Å². The molecule has 0 spiro atoms. The van der Waals surface area contributed by atoms with Crippen molar-refractivity contribution in [3.05, 3.63) is 64.7 Å². The first-order valence-electron chi connectivity index (χ1n) is 6.87. The van der Waals surface area contributed by atoms with Crippen molar-refractivity contribution in [1.82, 2.24) is 0 Å². The van der Waals surface area contributed by atoms with Crippen LogP contribution in [0.5, 0.6) is 5.75 Å². The van der Waals surface area contributed by atoms with E-state index in [1.54, 1.807) is 12.1 Å². The Morgan fingerprint density at radius 2 is 1.86 bits per heavy atom. The molecule has 0 heterocycles. The normalized spacial score (nSPS) is 12.2. The monoisotopic (exact) mass is 291 g/mol. The van der Waals surface area contributed by atoms with Crippen LogP contribution in [0.1, 0.15) is 23.6 Å². The van der Waals surface area contributed by atoms with Crippen LogP contribution in [-0.4, -0.2) is 6.04 Å². The Bertz CT molecular complexity index is 626. The van der Waals surface area contributed by atoms with Crippen LogP contribution in [0.25, 0.3) is 0 Å². The fourth-order valence-corrected chi connectivity index (χ4v) is 2.18. The molecule has 0 radical (unpaired) electrons. The first-order chi connectivity index (χ1) is 9.94. The lowest BCUT2D eigenvalue weighted by Gasteiger charge is -2.11. The molecule has 2 aromatic carbocycles. The maximum atomic E-state index is 13.6. The number of ether oxygens (including phenoxy) is 1. The molecular formula is C17H19F2NO. The van der Waals surface area contributed by atoms with E-state index in [2.05, 4.69) is 0 Å². The molecule has 0 aliphatic heterocycles. The second-order valence-electron chi connectivity index (χ2n) is 5.34. The summed E-state index contributed by atoms with van der Waals surface area (Å²) in [6.07, 6.45) is 0.587. The third-order valence-corrected chi connectivity index (χ3v) is 3.19. The highest BCUT2D eigenvalue weighted by Crippen LogP contribution is 2.20. The molecule has 21 heavy (non-hydrogen) atoms. The molecule has 0 aromatic heterocycles. The smallest absolute Gasteiger partial charge is 0.127 e. The predicted octanol–water partition coefficient (Wildman–Crippen LogP) is 3.74. The lowest BCUT2D eigenvalue weighted by molar-refractivity contribution is 0.303. The second-order valence-corrected chi connectivity index (χ2v) is 5.34. The van der Waals surface area contributed by atoms with Crippen molar-refractivity contribution >= 4 is 0 Å². The molecule has 1 unspecified atom stereocenters. The van der Waals surface area contributed by atoms with Gasteiger partial charge < -0.3 is 10.5 Å². The minimum atomic E-state index is -0.348. The minimum absolute atomic E-state index is 0.0426. The van der Waals surface area contributed by atoms with Crippen LogP contribution in [0.3, 0.4) is 0 Å². The topological polar surface area (TPSA) is 35.2 Å². The molecule has 0 saturated carbocycles. The number of halogens is 2. The third-order valence-electron chi connectivity index (χ3n) is 3.19. The standard InChI is InChI=1S/C17H19F2NO/c1-11-5-15(18)4-3-14(11)10-21-17-8-13(6-12(2)20)7-16(19)9-17/h3-5,7-9,12H,6,10,20H2,1-2H3. The maximum absolute atomic E-state index is 13.6. The van der Waals surface area contributed by atoms with Gasteiger partial charge in [-0.3, -0.25) is 0 Å². The zero-order valence-electron chi connectivity index (χ0n) is 12.2.